The summed E-state index contributed by atoms with van der Waals surface area (Å²) < 4.78 is 0. The lowest BCUT2D eigenvalue weighted by molar-refractivity contribution is -0.114. The normalized spacial score (nSPS) is 11.9. The zero-order valence-electron chi connectivity index (χ0n) is 11.0. The third-order valence-electron chi connectivity index (χ3n) is 2.25. The van der Waals surface area contributed by atoms with Crippen molar-refractivity contribution in [2.45, 2.75) is 19.8 Å². The van der Waals surface area contributed by atoms with Crippen LogP contribution in [0.5, 0.6) is 0 Å². The molecule has 0 aliphatic rings. The van der Waals surface area contributed by atoms with Crippen molar-refractivity contribution >= 4 is 11.6 Å². The summed E-state index contributed by atoms with van der Waals surface area (Å²) in [6.45, 7) is 5.00. The first-order valence-electron chi connectivity index (χ1n) is 5.90. The molecule has 0 rings (SSSR count). The average Bonchev–Trinajstić information content (AvgIpc) is 2.30. The van der Waals surface area contributed by atoms with E-state index in [-0.39, 0.29) is 11.6 Å². The minimum absolute atomic E-state index is 0.0870. The summed E-state index contributed by atoms with van der Waals surface area (Å²) >= 11 is 0. The Balaban J connectivity index is 3.27. The SMILES string of the molecule is CC(=NO)C(=O)NCCCNCCCN(C)C. The van der Waals surface area contributed by atoms with Crippen LogP contribution in [0.3, 0.4) is 0 Å². The van der Waals surface area contributed by atoms with Crippen LogP contribution in [0.1, 0.15) is 19.8 Å². The molecule has 6 heteroatoms. The second kappa shape index (κ2) is 10.0. The molecule has 0 aliphatic heterocycles. The van der Waals surface area contributed by atoms with Gasteiger partial charge in [-0.25, -0.2) is 0 Å². The van der Waals surface area contributed by atoms with Crippen LogP contribution in [0.2, 0.25) is 0 Å². The summed E-state index contributed by atoms with van der Waals surface area (Å²) in [6.07, 6.45) is 1.99. The zero-order valence-corrected chi connectivity index (χ0v) is 11.0. The number of oxime groups is 1. The topological polar surface area (TPSA) is 77.0 Å². The first kappa shape index (κ1) is 15.9. The third kappa shape index (κ3) is 9.77. The van der Waals surface area contributed by atoms with Crippen LogP contribution in [-0.2, 0) is 4.79 Å². The van der Waals surface area contributed by atoms with Crippen LogP contribution in [0.4, 0.5) is 0 Å². The maximum atomic E-state index is 11.2. The summed E-state index contributed by atoms with van der Waals surface area (Å²) in [5.41, 5.74) is 0.0870. The number of amides is 1. The van der Waals surface area contributed by atoms with Crippen LogP contribution < -0.4 is 10.6 Å². The highest BCUT2D eigenvalue weighted by Gasteiger charge is 2.03. The van der Waals surface area contributed by atoms with E-state index < -0.39 is 0 Å². The molecule has 0 atom stereocenters. The molecule has 17 heavy (non-hydrogen) atoms. The van der Waals surface area contributed by atoms with Gasteiger partial charge < -0.3 is 20.7 Å². The number of rotatable bonds is 9. The van der Waals surface area contributed by atoms with Gasteiger partial charge in [0.05, 0.1) is 0 Å². The highest BCUT2D eigenvalue weighted by molar-refractivity contribution is 6.37. The lowest BCUT2D eigenvalue weighted by Gasteiger charge is -2.09. The number of carbonyl (C=O) groups is 1. The second-order valence-corrected chi connectivity index (χ2v) is 4.20. The summed E-state index contributed by atoms with van der Waals surface area (Å²) in [7, 11) is 4.11. The molecule has 0 saturated heterocycles. The number of carbonyl (C=O) groups excluding carboxylic acids is 1. The minimum atomic E-state index is -0.319. The monoisotopic (exact) mass is 244 g/mol. The van der Waals surface area contributed by atoms with E-state index in [0.29, 0.717) is 6.54 Å². The Kier molecular flexibility index (Phi) is 9.37. The van der Waals surface area contributed by atoms with E-state index >= 15 is 0 Å². The lowest BCUT2D eigenvalue weighted by atomic mass is 10.3. The third-order valence-corrected chi connectivity index (χ3v) is 2.25. The first-order valence-corrected chi connectivity index (χ1v) is 5.90. The van der Waals surface area contributed by atoms with Gasteiger partial charge in [-0.1, -0.05) is 5.16 Å². The Labute approximate surface area is 103 Å². The van der Waals surface area contributed by atoms with Gasteiger partial charge >= 0.3 is 0 Å². The highest BCUT2D eigenvalue weighted by atomic mass is 16.4. The van der Waals surface area contributed by atoms with E-state index in [1.165, 1.54) is 6.92 Å². The van der Waals surface area contributed by atoms with Crippen molar-refractivity contribution < 1.29 is 10.0 Å². The maximum absolute atomic E-state index is 11.2. The predicted octanol–water partition coefficient (Wildman–Crippen LogP) is -0.116. The van der Waals surface area contributed by atoms with Crippen molar-refractivity contribution in [3.05, 3.63) is 0 Å². The summed E-state index contributed by atoms with van der Waals surface area (Å²) in [5.74, 6) is -0.319. The summed E-state index contributed by atoms with van der Waals surface area (Å²) in [5, 5.41) is 17.2. The van der Waals surface area contributed by atoms with Gasteiger partial charge in [-0.3, -0.25) is 4.79 Å². The smallest absolute Gasteiger partial charge is 0.268 e. The minimum Gasteiger partial charge on any atom is -0.410 e. The molecule has 1 amide bonds. The number of hydrogen-bond acceptors (Lipinski definition) is 5. The second-order valence-electron chi connectivity index (χ2n) is 4.20. The number of nitrogens with zero attached hydrogens (tertiary/aromatic N) is 2. The van der Waals surface area contributed by atoms with Crippen molar-refractivity contribution in [2.75, 3.05) is 40.3 Å². The van der Waals surface area contributed by atoms with Crippen molar-refractivity contribution in [1.29, 1.82) is 0 Å². The van der Waals surface area contributed by atoms with Gasteiger partial charge in [-0.2, -0.15) is 0 Å². The Morgan fingerprint density at radius 2 is 1.88 bits per heavy atom. The van der Waals surface area contributed by atoms with Gasteiger partial charge in [0.1, 0.15) is 5.71 Å². The van der Waals surface area contributed by atoms with Gasteiger partial charge in [0.25, 0.3) is 5.91 Å². The van der Waals surface area contributed by atoms with Crippen LogP contribution in [0, 0.1) is 0 Å². The van der Waals surface area contributed by atoms with E-state index in [1.54, 1.807) is 0 Å². The molecular weight excluding hydrogens is 220 g/mol. The number of hydrogen-bond donors (Lipinski definition) is 3. The molecule has 0 fully saturated rings. The molecule has 3 N–H and O–H groups in total. The maximum Gasteiger partial charge on any atom is 0.268 e. The summed E-state index contributed by atoms with van der Waals surface area (Å²) in [4.78, 5) is 13.3. The average molecular weight is 244 g/mol. The van der Waals surface area contributed by atoms with E-state index in [0.717, 1.165) is 32.5 Å². The molecule has 0 aliphatic carbocycles. The van der Waals surface area contributed by atoms with E-state index in [9.17, 15) is 4.79 Å². The first-order chi connectivity index (χ1) is 8.07. The molecule has 6 nitrogen and oxygen atoms in total. The van der Waals surface area contributed by atoms with Crippen molar-refractivity contribution in [3.8, 4) is 0 Å². The van der Waals surface area contributed by atoms with Crippen LogP contribution in [-0.4, -0.2) is 62.0 Å². The van der Waals surface area contributed by atoms with Crippen LogP contribution >= 0.6 is 0 Å². The van der Waals surface area contributed by atoms with Gasteiger partial charge in [-0.15, -0.1) is 0 Å². The molecule has 0 bridgehead atoms. The fourth-order valence-electron chi connectivity index (χ4n) is 1.23. The molecule has 0 aromatic heterocycles. The fourth-order valence-corrected chi connectivity index (χ4v) is 1.23. The van der Waals surface area contributed by atoms with Crippen LogP contribution in [0.25, 0.3) is 0 Å². The highest BCUT2D eigenvalue weighted by Crippen LogP contribution is 1.82. The molecule has 0 unspecified atom stereocenters. The Morgan fingerprint density at radius 1 is 1.24 bits per heavy atom. The van der Waals surface area contributed by atoms with Crippen molar-refractivity contribution in [3.63, 3.8) is 0 Å². The molecule has 0 saturated carbocycles. The molecule has 0 radical (unpaired) electrons. The van der Waals surface area contributed by atoms with Gasteiger partial charge in [-0.05, 0) is 53.5 Å². The quantitative estimate of drug-likeness (QED) is 0.229. The number of nitrogens with one attached hydrogen (secondary N) is 2. The lowest BCUT2D eigenvalue weighted by Crippen LogP contribution is -2.32. The molecule has 0 aromatic rings. The van der Waals surface area contributed by atoms with Gasteiger partial charge in [0, 0.05) is 6.54 Å². The summed E-state index contributed by atoms with van der Waals surface area (Å²) in [6, 6.07) is 0. The molecule has 100 valence electrons. The zero-order chi connectivity index (χ0) is 13.1. The standard InChI is InChI=1S/C11H24N4O2/c1-10(14-17)11(16)13-8-4-6-12-7-5-9-15(2)3/h12,17H,4-9H2,1-3H3,(H,13,16). The van der Waals surface area contributed by atoms with Gasteiger partial charge in [0.2, 0.25) is 0 Å². The van der Waals surface area contributed by atoms with Crippen LogP contribution in [0.15, 0.2) is 5.16 Å². The Morgan fingerprint density at radius 3 is 2.47 bits per heavy atom. The Bertz CT molecular complexity index is 242. The van der Waals surface area contributed by atoms with E-state index in [1.807, 2.05) is 0 Å². The molecule has 0 heterocycles. The molecule has 0 aromatic carbocycles. The van der Waals surface area contributed by atoms with Crippen molar-refractivity contribution in [2.24, 2.45) is 5.16 Å². The molecular formula is C11H24N4O2. The molecule has 0 spiro atoms. The predicted molar refractivity (Wildman–Crippen MR) is 68.6 cm³/mol. The van der Waals surface area contributed by atoms with E-state index in [4.69, 9.17) is 5.21 Å². The Hall–Kier alpha value is -1.14. The van der Waals surface area contributed by atoms with Crippen molar-refractivity contribution in [1.82, 2.24) is 15.5 Å². The fraction of sp³-hybridized carbons (Fsp3) is 0.818. The largest absolute Gasteiger partial charge is 0.410 e. The van der Waals surface area contributed by atoms with Gasteiger partial charge in [0.15, 0.2) is 0 Å². The van der Waals surface area contributed by atoms with E-state index in [2.05, 4.69) is 34.8 Å².